The van der Waals surface area contributed by atoms with Crippen LogP contribution in [0.25, 0.3) is 0 Å². The summed E-state index contributed by atoms with van der Waals surface area (Å²) in [4.78, 5) is 3.81. The van der Waals surface area contributed by atoms with Gasteiger partial charge in [0.2, 0.25) is 20.0 Å². The van der Waals surface area contributed by atoms with Gasteiger partial charge in [0.1, 0.15) is 4.90 Å². The molecule has 4 N–H and O–H groups in total. The SMILES string of the molecule is CCNc1ccncc1S(=O)(=O)NCCCS(N)(=O)=O. The third-order valence-corrected chi connectivity index (χ3v) is 4.69. The minimum Gasteiger partial charge on any atom is -0.384 e. The Labute approximate surface area is 118 Å². The zero-order chi connectivity index (χ0) is 15.2. The van der Waals surface area contributed by atoms with Crippen LogP contribution in [0.15, 0.2) is 23.4 Å². The Morgan fingerprint density at radius 2 is 2.00 bits per heavy atom. The predicted molar refractivity (Wildman–Crippen MR) is 76.2 cm³/mol. The molecule has 1 aromatic rings. The summed E-state index contributed by atoms with van der Waals surface area (Å²) in [5.74, 6) is -0.275. The maximum absolute atomic E-state index is 12.1. The van der Waals surface area contributed by atoms with Crippen molar-refractivity contribution in [1.29, 1.82) is 0 Å². The van der Waals surface area contributed by atoms with E-state index in [1.807, 2.05) is 6.92 Å². The van der Waals surface area contributed by atoms with E-state index >= 15 is 0 Å². The largest absolute Gasteiger partial charge is 0.384 e. The molecule has 1 rings (SSSR count). The molecule has 1 heterocycles. The van der Waals surface area contributed by atoms with Crippen LogP contribution in [-0.2, 0) is 20.0 Å². The summed E-state index contributed by atoms with van der Waals surface area (Å²) in [6.07, 6.45) is 2.83. The number of nitrogens with one attached hydrogen (secondary N) is 2. The van der Waals surface area contributed by atoms with Crippen LogP contribution in [0.5, 0.6) is 0 Å². The quantitative estimate of drug-likeness (QED) is 0.551. The number of nitrogens with zero attached hydrogens (tertiary/aromatic N) is 1. The lowest BCUT2D eigenvalue weighted by molar-refractivity contribution is 0.576. The lowest BCUT2D eigenvalue weighted by Gasteiger charge is -2.11. The molecule has 0 aliphatic heterocycles. The molecule has 0 bridgehead atoms. The molecule has 0 spiro atoms. The first-order valence-corrected chi connectivity index (χ1v) is 9.14. The second kappa shape index (κ2) is 6.97. The Kier molecular flexibility index (Phi) is 5.87. The fraction of sp³-hybridized carbons (Fsp3) is 0.500. The van der Waals surface area contributed by atoms with Crippen LogP contribution < -0.4 is 15.2 Å². The molecule has 0 aromatic carbocycles. The van der Waals surface area contributed by atoms with Gasteiger partial charge in [0, 0.05) is 25.5 Å². The maximum Gasteiger partial charge on any atom is 0.244 e. The number of sulfonamides is 2. The van der Waals surface area contributed by atoms with Gasteiger partial charge in [-0.05, 0) is 19.4 Å². The van der Waals surface area contributed by atoms with Crippen molar-refractivity contribution in [1.82, 2.24) is 9.71 Å². The van der Waals surface area contributed by atoms with Gasteiger partial charge in [-0.3, -0.25) is 4.98 Å². The van der Waals surface area contributed by atoms with Gasteiger partial charge in [-0.25, -0.2) is 26.7 Å². The van der Waals surface area contributed by atoms with Crippen molar-refractivity contribution in [3.05, 3.63) is 18.5 Å². The molecule has 0 unspecified atom stereocenters. The van der Waals surface area contributed by atoms with Crippen molar-refractivity contribution in [3.63, 3.8) is 0 Å². The topological polar surface area (TPSA) is 131 Å². The van der Waals surface area contributed by atoms with Gasteiger partial charge in [-0.1, -0.05) is 0 Å². The molecule has 114 valence electrons. The lowest BCUT2D eigenvalue weighted by atomic mass is 10.4. The summed E-state index contributed by atoms with van der Waals surface area (Å²) in [6.45, 7) is 2.40. The van der Waals surface area contributed by atoms with E-state index in [4.69, 9.17) is 5.14 Å². The fourth-order valence-electron chi connectivity index (χ4n) is 1.49. The van der Waals surface area contributed by atoms with Crippen molar-refractivity contribution in [2.75, 3.05) is 24.2 Å². The molecule has 0 fully saturated rings. The minimum absolute atomic E-state index is 0.0147. The molecule has 20 heavy (non-hydrogen) atoms. The Morgan fingerprint density at radius 3 is 2.60 bits per heavy atom. The molecule has 0 atom stereocenters. The number of pyridine rings is 1. The van der Waals surface area contributed by atoms with Crippen molar-refractivity contribution in [2.24, 2.45) is 5.14 Å². The van der Waals surface area contributed by atoms with Crippen molar-refractivity contribution in [3.8, 4) is 0 Å². The highest BCUT2D eigenvalue weighted by molar-refractivity contribution is 7.89. The van der Waals surface area contributed by atoms with Gasteiger partial charge < -0.3 is 5.32 Å². The summed E-state index contributed by atoms with van der Waals surface area (Å²) in [6, 6.07) is 1.56. The van der Waals surface area contributed by atoms with E-state index in [0.717, 1.165) is 0 Å². The molecule has 0 aliphatic rings. The highest BCUT2D eigenvalue weighted by atomic mass is 32.2. The summed E-state index contributed by atoms with van der Waals surface area (Å²) in [5.41, 5.74) is 0.446. The second-order valence-corrected chi connectivity index (χ2v) is 7.49. The smallest absolute Gasteiger partial charge is 0.244 e. The first-order chi connectivity index (χ1) is 9.26. The molecule has 0 aliphatic carbocycles. The highest BCUT2D eigenvalue weighted by Crippen LogP contribution is 2.18. The van der Waals surface area contributed by atoms with Crippen LogP contribution in [0.2, 0.25) is 0 Å². The van der Waals surface area contributed by atoms with Crippen LogP contribution in [-0.4, -0.2) is 40.7 Å². The first kappa shape index (κ1) is 16.8. The number of hydrogen-bond donors (Lipinski definition) is 3. The first-order valence-electron chi connectivity index (χ1n) is 5.94. The Morgan fingerprint density at radius 1 is 1.30 bits per heavy atom. The zero-order valence-electron chi connectivity index (χ0n) is 11.0. The summed E-state index contributed by atoms with van der Waals surface area (Å²) in [7, 11) is -7.32. The van der Waals surface area contributed by atoms with E-state index in [1.54, 1.807) is 6.07 Å². The number of rotatable bonds is 8. The highest BCUT2D eigenvalue weighted by Gasteiger charge is 2.18. The summed E-state index contributed by atoms with van der Waals surface area (Å²) < 4.78 is 48.0. The lowest BCUT2D eigenvalue weighted by Crippen LogP contribution is -2.28. The standard InChI is InChI=1S/C10H18N4O4S2/c1-2-13-9-4-6-12-8-10(9)20(17,18)14-5-3-7-19(11,15)16/h4,6,8,14H,2-3,5,7H2,1H3,(H,12,13)(H2,11,15,16). The van der Waals surface area contributed by atoms with Crippen molar-refractivity contribution < 1.29 is 16.8 Å². The maximum atomic E-state index is 12.1. The van der Waals surface area contributed by atoms with E-state index in [1.165, 1.54) is 12.4 Å². The number of anilines is 1. The van der Waals surface area contributed by atoms with Gasteiger partial charge in [-0.2, -0.15) is 0 Å². The molecule has 0 saturated heterocycles. The predicted octanol–water partition coefficient (Wildman–Crippen LogP) is -0.530. The summed E-state index contributed by atoms with van der Waals surface area (Å²) in [5, 5.41) is 7.76. The fourth-order valence-corrected chi connectivity index (χ4v) is 3.23. The molecule has 0 amide bonds. The Balaban J connectivity index is 2.74. The Bertz CT molecular complexity index is 643. The number of nitrogens with two attached hydrogens (primary N) is 1. The average molecular weight is 322 g/mol. The molecular formula is C10H18N4O4S2. The number of hydrogen-bond acceptors (Lipinski definition) is 6. The van der Waals surface area contributed by atoms with E-state index in [0.29, 0.717) is 12.2 Å². The van der Waals surface area contributed by atoms with Crippen LogP contribution in [0.4, 0.5) is 5.69 Å². The third kappa shape index (κ3) is 5.41. The van der Waals surface area contributed by atoms with E-state index < -0.39 is 20.0 Å². The van der Waals surface area contributed by atoms with Crippen molar-refractivity contribution >= 4 is 25.7 Å². The van der Waals surface area contributed by atoms with Crippen LogP contribution in [0.3, 0.4) is 0 Å². The molecule has 10 heteroatoms. The van der Waals surface area contributed by atoms with Crippen LogP contribution in [0, 0.1) is 0 Å². The van der Waals surface area contributed by atoms with Crippen LogP contribution >= 0.6 is 0 Å². The molecule has 0 saturated carbocycles. The molecule has 8 nitrogen and oxygen atoms in total. The van der Waals surface area contributed by atoms with E-state index in [2.05, 4.69) is 15.0 Å². The zero-order valence-corrected chi connectivity index (χ0v) is 12.7. The molecule has 0 radical (unpaired) electrons. The van der Waals surface area contributed by atoms with E-state index in [9.17, 15) is 16.8 Å². The van der Waals surface area contributed by atoms with Crippen molar-refractivity contribution in [2.45, 2.75) is 18.2 Å². The number of primary sulfonamides is 1. The molecular weight excluding hydrogens is 304 g/mol. The van der Waals surface area contributed by atoms with Gasteiger partial charge in [-0.15, -0.1) is 0 Å². The normalized spacial score (nSPS) is 12.3. The third-order valence-electron chi connectivity index (χ3n) is 2.34. The van der Waals surface area contributed by atoms with Gasteiger partial charge in [0.15, 0.2) is 0 Å². The summed E-state index contributed by atoms with van der Waals surface area (Å²) >= 11 is 0. The van der Waals surface area contributed by atoms with E-state index in [-0.39, 0.29) is 23.6 Å². The number of aromatic nitrogens is 1. The Hall–Kier alpha value is -1.23. The molecule has 1 aromatic heterocycles. The van der Waals surface area contributed by atoms with Gasteiger partial charge in [0.05, 0.1) is 11.4 Å². The second-order valence-electron chi connectivity index (χ2n) is 4.02. The monoisotopic (exact) mass is 322 g/mol. The van der Waals surface area contributed by atoms with Gasteiger partial charge in [0.25, 0.3) is 0 Å². The van der Waals surface area contributed by atoms with Gasteiger partial charge >= 0.3 is 0 Å². The average Bonchev–Trinajstić information content (AvgIpc) is 2.35. The minimum atomic E-state index is -3.74. The van der Waals surface area contributed by atoms with Crippen LogP contribution in [0.1, 0.15) is 13.3 Å².